The Kier molecular flexibility index (Phi) is 12.8. The van der Waals surface area contributed by atoms with E-state index in [1.54, 1.807) is 0 Å². The number of hydrogen-bond acceptors (Lipinski definition) is 1. The van der Waals surface area contributed by atoms with Crippen LogP contribution in [0.4, 0.5) is 0 Å². The number of hydrogen-bond donors (Lipinski definition) is 0. The SMILES string of the molecule is CCCCCCCCCCC(C)(C)N(C/C=C/c1ccccc1)C/C=C/c1ccccc1. The van der Waals surface area contributed by atoms with Crippen LogP contribution in [0.5, 0.6) is 0 Å². The lowest BCUT2D eigenvalue weighted by Crippen LogP contribution is -2.44. The maximum atomic E-state index is 2.62. The van der Waals surface area contributed by atoms with Crippen LogP contribution in [0.2, 0.25) is 0 Å². The standard InChI is InChI=1S/C31H45N/c1-4-5-6-7-8-9-10-17-26-31(2,3)32(27-18-24-29-20-13-11-14-21-29)28-19-25-30-22-15-12-16-23-30/h11-16,18-25H,4-10,17,26-28H2,1-3H3/b24-18+,25-19+. The van der Waals surface area contributed by atoms with Crippen LogP contribution in [-0.2, 0) is 0 Å². The fraction of sp³-hybridized carbons (Fsp3) is 0.484. The maximum Gasteiger partial charge on any atom is 0.0175 e. The third kappa shape index (κ3) is 11.0. The quantitative estimate of drug-likeness (QED) is 0.240. The molecule has 0 radical (unpaired) electrons. The predicted octanol–water partition coefficient (Wildman–Crippen LogP) is 9.02. The zero-order chi connectivity index (χ0) is 22.9. The Labute approximate surface area is 198 Å². The summed E-state index contributed by atoms with van der Waals surface area (Å²) in [4.78, 5) is 2.62. The first-order valence-electron chi connectivity index (χ1n) is 12.8. The van der Waals surface area contributed by atoms with E-state index in [0.717, 1.165) is 13.1 Å². The highest BCUT2D eigenvalue weighted by molar-refractivity contribution is 5.49. The van der Waals surface area contributed by atoms with Crippen LogP contribution in [0.3, 0.4) is 0 Å². The number of rotatable bonds is 16. The van der Waals surface area contributed by atoms with E-state index in [2.05, 4.69) is 111 Å². The van der Waals surface area contributed by atoms with Gasteiger partial charge in [-0.2, -0.15) is 0 Å². The van der Waals surface area contributed by atoms with Crippen LogP contribution in [0.15, 0.2) is 72.8 Å². The van der Waals surface area contributed by atoms with Crippen LogP contribution in [-0.4, -0.2) is 23.5 Å². The van der Waals surface area contributed by atoms with Gasteiger partial charge in [0.2, 0.25) is 0 Å². The van der Waals surface area contributed by atoms with E-state index in [4.69, 9.17) is 0 Å². The van der Waals surface area contributed by atoms with Crippen molar-refractivity contribution < 1.29 is 0 Å². The van der Waals surface area contributed by atoms with E-state index in [1.807, 2.05) is 0 Å². The highest BCUT2D eigenvalue weighted by Crippen LogP contribution is 2.23. The summed E-state index contributed by atoms with van der Waals surface area (Å²) in [6.07, 6.45) is 21.4. The highest BCUT2D eigenvalue weighted by Gasteiger charge is 2.24. The van der Waals surface area contributed by atoms with Gasteiger partial charge in [0.05, 0.1) is 0 Å². The summed E-state index contributed by atoms with van der Waals surface area (Å²) in [6, 6.07) is 21.2. The summed E-state index contributed by atoms with van der Waals surface area (Å²) in [5.41, 5.74) is 2.73. The molecule has 0 N–H and O–H groups in total. The number of nitrogens with zero attached hydrogens (tertiary/aromatic N) is 1. The molecular formula is C31H45N. The minimum Gasteiger partial charge on any atom is -0.291 e. The number of benzene rings is 2. The minimum absolute atomic E-state index is 0.185. The Morgan fingerprint density at radius 1 is 0.625 bits per heavy atom. The summed E-state index contributed by atoms with van der Waals surface area (Å²) in [6.45, 7) is 9.07. The molecule has 0 amide bonds. The normalized spacial score (nSPS) is 12.4. The van der Waals surface area contributed by atoms with Crippen molar-refractivity contribution in [1.29, 1.82) is 0 Å². The Morgan fingerprint density at radius 2 is 1.06 bits per heavy atom. The predicted molar refractivity (Wildman–Crippen MR) is 144 cm³/mol. The molecule has 1 heteroatoms. The second-order valence-corrected chi connectivity index (χ2v) is 9.57. The lowest BCUT2D eigenvalue weighted by atomic mass is 9.93. The fourth-order valence-electron chi connectivity index (χ4n) is 4.18. The minimum atomic E-state index is 0.185. The number of unbranched alkanes of at least 4 members (excludes halogenated alkanes) is 7. The summed E-state index contributed by atoms with van der Waals surface area (Å²) in [5.74, 6) is 0. The lowest BCUT2D eigenvalue weighted by Gasteiger charge is -2.38. The summed E-state index contributed by atoms with van der Waals surface area (Å²) >= 11 is 0. The van der Waals surface area contributed by atoms with Gasteiger partial charge < -0.3 is 0 Å². The van der Waals surface area contributed by atoms with Gasteiger partial charge in [0.1, 0.15) is 0 Å². The second kappa shape index (κ2) is 15.6. The van der Waals surface area contributed by atoms with Crippen molar-refractivity contribution in [1.82, 2.24) is 4.90 Å². The van der Waals surface area contributed by atoms with E-state index in [-0.39, 0.29) is 5.54 Å². The molecule has 0 saturated carbocycles. The third-order valence-corrected chi connectivity index (χ3v) is 6.37. The molecule has 2 aromatic carbocycles. The topological polar surface area (TPSA) is 3.24 Å². The van der Waals surface area contributed by atoms with Crippen molar-refractivity contribution in [3.63, 3.8) is 0 Å². The Hall–Kier alpha value is -2.12. The van der Waals surface area contributed by atoms with Gasteiger partial charge in [0, 0.05) is 18.6 Å². The van der Waals surface area contributed by atoms with Gasteiger partial charge in [-0.1, -0.05) is 143 Å². The molecule has 0 aliphatic heterocycles. The highest BCUT2D eigenvalue weighted by atomic mass is 15.2. The van der Waals surface area contributed by atoms with E-state index in [9.17, 15) is 0 Å². The Balaban J connectivity index is 1.88. The molecule has 0 spiro atoms. The van der Waals surface area contributed by atoms with Crippen molar-refractivity contribution in [3.05, 3.63) is 83.9 Å². The van der Waals surface area contributed by atoms with Crippen molar-refractivity contribution in [2.75, 3.05) is 13.1 Å². The van der Waals surface area contributed by atoms with Crippen molar-refractivity contribution in [2.45, 2.75) is 84.1 Å². The molecule has 0 bridgehead atoms. The zero-order valence-electron chi connectivity index (χ0n) is 20.8. The molecule has 0 aliphatic carbocycles. The zero-order valence-corrected chi connectivity index (χ0v) is 20.8. The molecule has 174 valence electrons. The van der Waals surface area contributed by atoms with Gasteiger partial charge in [-0.15, -0.1) is 0 Å². The van der Waals surface area contributed by atoms with Gasteiger partial charge in [-0.3, -0.25) is 4.90 Å². The first-order chi connectivity index (χ1) is 15.6. The van der Waals surface area contributed by atoms with E-state index in [1.165, 1.54) is 68.9 Å². The van der Waals surface area contributed by atoms with E-state index >= 15 is 0 Å². The molecule has 2 rings (SSSR count). The molecular weight excluding hydrogens is 386 g/mol. The molecule has 0 fully saturated rings. The van der Waals surface area contributed by atoms with Crippen molar-refractivity contribution in [3.8, 4) is 0 Å². The average Bonchev–Trinajstić information content (AvgIpc) is 2.81. The molecule has 0 aliphatic rings. The van der Waals surface area contributed by atoms with Crippen LogP contribution < -0.4 is 0 Å². The molecule has 0 aromatic heterocycles. The summed E-state index contributed by atoms with van der Waals surface area (Å²) in [7, 11) is 0. The van der Waals surface area contributed by atoms with Gasteiger partial charge in [-0.25, -0.2) is 0 Å². The first kappa shape index (κ1) is 26.1. The first-order valence-corrected chi connectivity index (χ1v) is 12.8. The molecule has 2 aromatic rings. The average molecular weight is 432 g/mol. The smallest absolute Gasteiger partial charge is 0.0175 e. The monoisotopic (exact) mass is 431 g/mol. The lowest BCUT2D eigenvalue weighted by molar-refractivity contribution is 0.139. The molecule has 0 saturated heterocycles. The largest absolute Gasteiger partial charge is 0.291 e. The van der Waals surface area contributed by atoms with Gasteiger partial charge in [0.25, 0.3) is 0 Å². The molecule has 1 nitrogen and oxygen atoms in total. The van der Waals surface area contributed by atoms with Crippen molar-refractivity contribution in [2.24, 2.45) is 0 Å². The van der Waals surface area contributed by atoms with Gasteiger partial charge >= 0.3 is 0 Å². The van der Waals surface area contributed by atoms with E-state index in [0.29, 0.717) is 0 Å². The van der Waals surface area contributed by atoms with Crippen LogP contribution >= 0.6 is 0 Å². The second-order valence-electron chi connectivity index (χ2n) is 9.57. The molecule has 0 atom stereocenters. The fourth-order valence-corrected chi connectivity index (χ4v) is 4.18. The Morgan fingerprint density at radius 3 is 1.53 bits per heavy atom. The van der Waals surface area contributed by atoms with Crippen LogP contribution in [0.25, 0.3) is 12.2 Å². The van der Waals surface area contributed by atoms with Crippen LogP contribution in [0.1, 0.15) is 89.7 Å². The third-order valence-electron chi connectivity index (χ3n) is 6.37. The van der Waals surface area contributed by atoms with Crippen LogP contribution in [0, 0.1) is 0 Å². The van der Waals surface area contributed by atoms with E-state index < -0.39 is 0 Å². The van der Waals surface area contributed by atoms with Crippen molar-refractivity contribution >= 4 is 12.2 Å². The summed E-state index contributed by atoms with van der Waals surface area (Å²) in [5, 5.41) is 0. The molecule has 0 heterocycles. The maximum absolute atomic E-state index is 2.62. The van der Waals surface area contributed by atoms with Gasteiger partial charge in [-0.05, 0) is 31.4 Å². The molecule has 32 heavy (non-hydrogen) atoms. The summed E-state index contributed by atoms with van der Waals surface area (Å²) < 4.78 is 0. The molecule has 0 unspecified atom stereocenters. The Bertz CT molecular complexity index is 706. The van der Waals surface area contributed by atoms with Gasteiger partial charge in [0.15, 0.2) is 0 Å².